The van der Waals surface area contributed by atoms with Gasteiger partial charge in [0.05, 0.1) is 11.0 Å². The average molecular weight is 533 g/mol. The van der Waals surface area contributed by atoms with Crippen molar-refractivity contribution in [2.24, 2.45) is 0 Å². The van der Waals surface area contributed by atoms with Crippen molar-refractivity contribution in [2.75, 3.05) is 0 Å². The quantitative estimate of drug-likeness (QED) is 0.173. The Balaban J connectivity index is 1.15. The Morgan fingerprint density at radius 1 is 0.500 bits per heavy atom. The van der Waals surface area contributed by atoms with Crippen molar-refractivity contribution in [3.63, 3.8) is 0 Å². The van der Waals surface area contributed by atoms with Gasteiger partial charge in [-0.25, -0.2) is 0 Å². The highest BCUT2D eigenvalue weighted by Gasteiger charge is 2.09. The number of benzene rings is 4. The molecule has 0 aliphatic heterocycles. The number of fused-ring (bicyclic) bond motifs is 2. The summed E-state index contributed by atoms with van der Waals surface area (Å²) in [5, 5.41) is 2.26. The Kier molecular flexibility index (Phi) is 7.42. The molecule has 0 unspecified atom stereocenters. The maximum atomic E-state index is 5.91. The summed E-state index contributed by atoms with van der Waals surface area (Å²) in [4.78, 5) is 11.6. The zero-order chi connectivity index (χ0) is 25.6. The molecule has 0 spiro atoms. The Morgan fingerprint density at radius 2 is 0.947 bits per heavy atom. The first-order chi connectivity index (χ1) is 18.8. The molecule has 6 aromatic rings. The summed E-state index contributed by atoms with van der Waals surface area (Å²) < 4.78 is 11.8. The SMILES string of the molecule is c1ccc(OCc2ccc3c(SSc4ccnc5cc(COc6ccccc6)ccc45)ccnc3c2)cc1. The molecule has 186 valence electrons. The minimum atomic E-state index is 0.509. The van der Waals surface area contributed by atoms with Crippen LogP contribution < -0.4 is 9.47 Å². The molecule has 0 fully saturated rings. The third kappa shape index (κ3) is 5.77. The molecule has 2 heterocycles. The lowest BCUT2D eigenvalue weighted by Crippen LogP contribution is -1.96. The summed E-state index contributed by atoms with van der Waals surface area (Å²) in [6, 6.07) is 36.6. The van der Waals surface area contributed by atoms with E-state index in [2.05, 4.69) is 58.5 Å². The molecule has 0 amide bonds. The van der Waals surface area contributed by atoms with Gasteiger partial charge >= 0.3 is 0 Å². The minimum absolute atomic E-state index is 0.509. The van der Waals surface area contributed by atoms with E-state index >= 15 is 0 Å². The highest BCUT2D eigenvalue weighted by molar-refractivity contribution is 8.76. The van der Waals surface area contributed by atoms with Crippen LogP contribution in [0.1, 0.15) is 11.1 Å². The van der Waals surface area contributed by atoms with E-state index in [1.807, 2.05) is 73.1 Å². The minimum Gasteiger partial charge on any atom is -0.489 e. The molecule has 38 heavy (non-hydrogen) atoms. The average Bonchev–Trinajstić information content (AvgIpc) is 2.98. The van der Waals surface area contributed by atoms with Crippen LogP contribution >= 0.6 is 21.6 Å². The maximum Gasteiger partial charge on any atom is 0.119 e. The predicted molar refractivity (Wildman–Crippen MR) is 157 cm³/mol. The van der Waals surface area contributed by atoms with Gasteiger partial charge in [-0.05, 0) is 59.7 Å². The van der Waals surface area contributed by atoms with E-state index in [1.54, 1.807) is 21.6 Å². The summed E-state index contributed by atoms with van der Waals surface area (Å²) in [6.45, 7) is 1.02. The molecule has 0 bridgehead atoms. The molecule has 0 atom stereocenters. The van der Waals surface area contributed by atoms with Crippen molar-refractivity contribution in [3.8, 4) is 11.5 Å². The molecule has 0 saturated heterocycles. The van der Waals surface area contributed by atoms with Gasteiger partial charge in [-0.3, -0.25) is 9.97 Å². The summed E-state index contributed by atoms with van der Waals surface area (Å²) >= 11 is 0. The van der Waals surface area contributed by atoms with E-state index in [-0.39, 0.29) is 0 Å². The highest BCUT2D eigenvalue weighted by atomic mass is 33.1. The standard InChI is InChI=1S/C32H24N2O2S2/c1-3-7-25(8-4-1)35-21-23-11-13-27-29(19-23)33-17-15-31(27)37-38-32-16-18-34-30-20-24(12-14-28(30)32)22-36-26-9-5-2-6-10-26/h1-20H,21-22H2. The Labute approximate surface area is 229 Å². The molecular formula is C32H24N2O2S2. The Bertz CT molecular complexity index is 1550. The molecule has 2 aromatic heterocycles. The molecule has 6 rings (SSSR count). The first kappa shape index (κ1) is 24.3. The van der Waals surface area contributed by atoms with E-state index in [1.165, 1.54) is 9.79 Å². The monoisotopic (exact) mass is 532 g/mol. The van der Waals surface area contributed by atoms with Gasteiger partial charge in [0.25, 0.3) is 0 Å². The second-order valence-electron chi connectivity index (χ2n) is 8.69. The van der Waals surface area contributed by atoms with Crippen LogP contribution in [-0.2, 0) is 13.2 Å². The fourth-order valence-electron chi connectivity index (χ4n) is 4.12. The van der Waals surface area contributed by atoms with Crippen LogP contribution in [0.2, 0.25) is 0 Å². The zero-order valence-corrected chi connectivity index (χ0v) is 22.1. The highest BCUT2D eigenvalue weighted by Crippen LogP contribution is 2.42. The molecule has 6 heteroatoms. The van der Waals surface area contributed by atoms with Gasteiger partial charge in [0, 0.05) is 33.0 Å². The van der Waals surface area contributed by atoms with Gasteiger partial charge in [0.1, 0.15) is 24.7 Å². The van der Waals surface area contributed by atoms with Gasteiger partial charge in [-0.2, -0.15) is 0 Å². The van der Waals surface area contributed by atoms with Crippen LogP contribution in [0.4, 0.5) is 0 Å². The van der Waals surface area contributed by atoms with Crippen molar-refractivity contribution < 1.29 is 9.47 Å². The number of pyridine rings is 2. The van der Waals surface area contributed by atoms with E-state index in [4.69, 9.17) is 9.47 Å². The van der Waals surface area contributed by atoms with E-state index in [0.29, 0.717) is 13.2 Å². The number of rotatable bonds is 9. The second kappa shape index (κ2) is 11.6. The first-order valence-corrected chi connectivity index (χ1v) is 14.4. The van der Waals surface area contributed by atoms with E-state index in [0.717, 1.165) is 44.4 Å². The van der Waals surface area contributed by atoms with Gasteiger partial charge in [0.15, 0.2) is 0 Å². The van der Waals surface area contributed by atoms with Crippen molar-refractivity contribution in [3.05, 3.63) is 133 Å². The van der Waals surface area contributed by atoms with Crippen LogP contribution in [0.3, 0.4) is 0 Å². The van der Waals surface area contributed by atoms with Crippen LogP contribution in [0.5, 0.6) is 11.5 Å². The normalized spacial score (nSPS) is 11.1. The van der Waals surface area contributed by atoms with Crippen LogP contribution in [-0.4, -0.2) is 9.97 Å². The molecular weight excluding hydrogens is 508 g/mol. The largest absolute Gasteiger partial charge is 0.489 e. The van der Waals surface area contributed by atoms with Crippen molar-refractivity contribution in [2.45, 2.75) is 23.0 Å². The lowest BCUT2D eigenvalue weighted by Gasteiger charge is -2.10. The molecule has 4 nitrogen and oxygen atoms in total. The zero-order valence-electron chi connectivity index (χ0n) is 20.5. The fourth-order valence-corrected chi connectivity index (χ4v) is 6.46. The maximum absolute atomic E-state index is 5.91. The van der Waals surface area contributed by atoms with Gasteiger partial charge in [0.2, 0.25) is 0 Å². The predicted octanol–water partition coefficient (Wildman–Crippen LogP) is 8.74. The van der Waals surface area contributed by atoms with Crippen LogP contribution in [0, 0.1) is 0 Å². The fraction of sp³-hybridized carbons (Fsp3) is 0.0625. The van der Waals surface area contributed by atoms with Crippen molar-refractivity contribution in [1.82, 2.24) is 9.97 Å². The first-order valence-electron chi connectivity index (χ1n) is 12.3. The molecule has 4 aromatic carbocycles. The number of hydrogen-bond acceptors (Lipinski definition) is 6. The Morgan fingerprint density at radius 3 is 1.39 bits per heavy atom. The van der Waals surface area contributed by atoms with Gasteiger partial charge < -0.3 is 9.47 Å². The van der Waals surface area contributed by atoms with Crippen molar-refractivity contribution >= 4 is 43.4 Å². The number of nitrogens with zero attached hydrogens (tertiary/aromatic N) is 2. The number of ether oxygens (including phenoxy) is 2. The van der Waals surface area contributed by atoms with Crippen molar-refractivity contribution in [1.29, 1.82) is 0 Å². The smallest absolute Gasteiger partial charge is 0.119 e. The topological polar surface area (TPSA) is 44.2 Å². The summed E-state index contributed by atoms with van der Waals surface area (Å²) in [6.07, 6.45) is 3.74. The summed E-state index contributed by atoms with van der Waals surface area (Å²) in [5.41, 5.74) is 4.12. The molecule has 0 aliphatic carbocycles. The molecule has 0 N–H and O–H groups in total. The van der Waals surface area contributed by atoms with Gasteiger partial charge in [-0.1, -0.05) is 82.3 Å². The number of aromatic nitrogens is 2. The van der Waals surface area contributed by atoms with Crippen LogP contribution in [0.25, 0.3) is 21.8 Å². The number of para-hydroxylation sites is 2. The third-order valence-electron chi connectivity index (χ3n) is 6.05. The third-order valence-corrected chi connectivity index (χ3v) is 8.53. The van der Waals surface area contributed by atoms with E-state index in [9.17, 15) is 0 Å². The second-order valence-corrected chi connectivity index (χ2v) is 10.9. The lowest BCUT2D eigenvalue weighted by molar-refractivity contribution is 0.306. The van der Waals surface area contributed by atoms with E-state index < -0.39 is 0 Å². The Hall–Kier alpha value is -4.00. The summed E-state index contributed by atoms with van der Waals surface area (Å²) in [5.74, 6) is 1.73. The molecule has 0 aliphatic rings. The molecule has 0 radical (unpaired) electrons. The lowest BCUT2D eigenvalue weighted by atomic mass is 10.1. The summed E-state index contributed by atoms with van der Waals surface area (Å²) in [7, 11) is 3.48. The number of hydrogen-bond donors (Lipinski definition) is 0. The van der Waals surface area contributed by atoms with Gasteiger partial charge in [-0.15, -0.1) is 0 Å². The van der Waals surface area contributed by atoms with Crippen LogP contribution in [0.15, 0.2) is 131 Å². The molecule has 0 saturated carbocycles.